The number of nitrogen functional groups attached to an aromatic ring is 1. The van der Waals surface area contributed by atoms with Gasteiger partial charge in [0.1, 0.15) is 5.02 Å². The highest BCUT2D eigenvalue weighted by Gasteiger charge is 2.05. The Bertz CT molecular complexity index is 559. The van der Waals surface area contributed by atoms with Crippen LogP contribution in [-0.4, -0.2) is 9.97 Å². The lowest BCUT2D eigenvalue weighted by atomic mass is 10.2. The first-order chi connectivity index (χ1) is 8.06. The smallest absolute Gasteiger partial charge is 0.222 e. The fourth-order valence-electron chi connectivity index (χ4n) is 1.28. The van der Waals surface area contributed by atoms with Gasteiger partial charge in [-0.15, -0.1) is 0 Å². The minimum absolute atomic E-state index is 0.193. The van der Waals surface area contributed by atoms with E-state index in [1.165, 1.54) is 15.3 Å². The van der Waals surface area contributed by atoms with Gasteiger partial charge in [0.2, 0.25) is 5.95 Å². The molecule has 0 aliphatic heterocycles. The number of hydrogen-bond donors (Lipinski definition) is 2. The van der Waals surface area contributed by atoms with Gasteiger partial charge in [0.15, 0.2) is 5.82 Å². The number of halogens is 2. The van der Waals surface area contributed by atoms with Crippen LogP contribution < -0.4 is 11.1 Å². The van der Waals surface area contributed by atoms with Crippen LogP contribution >= 0.6 is 34.2 Å². The standard InChI is InChI=1S/C11H10ClIN4/c1-6-2-3-7(4-9(6)13)16-10-8(12)5-15-11(14)17-10/h2-5H,1H3,(H3,14,15,16,17). The Morgan fingerprint density at radius 3 is 2.88 bits per heavy atom. The lowest BCUT2D eigenvalue weighted by Gasteiger charge is -2.08. The van der Waals surface area contributed by atoms with Crippen molar-refractivity contribution in [1.29, 1.82) is 0 Å². The van der Waals surface area contributed by atoms with Gasteiger partial charge >= 0.3 is 0 Å². The Labute approximate surface area is 118 Å². The van der Waals surface area contributed by atoms with Crippen LogP contribution in [0.1, 0.15) is 5.56 Å². The van der Waals surface area contributed by atoms with Crippen LogP contribution in [0.25, 0.3) is 0 Å². The topological polar surface area (TPSA) is 63.8 Å². The van der Waals surface area contributed by atoms with Crippen molar-refractivity contribution in [3.63, 3.8) is 0 Å². The van der Waals surface area contributed by atoms with Crippen LogP contribution in [0.4, 0.5) is 17.5 Å². The maximum absolute atomic E-state index is 5.97. The third kappa shape index (κ3) is 2.98. The largest absolute Gasteiger partial charge is 0.368 e. The van der Waals surface area contributed by atoms with Crippen molar-refractivity contribution >= 4 is 51.6 Å². The van der Waals surface area contributed by atoms with Crippen molar-refractivity contribution in [2.75, 3.05) is 11.1 Å². The maximum atomic E-state index is 5.97. The molecular weight excluding hydrogens is 351 g/mol. The summed E-state index contributed by atoms with van der Waals surface area (Å²) in [6.07, 6.45) is 1.48. The Hall–Kier alpha value is -1.08. The lowest BCUT2D eigenvalue weighted by molar-refractivity contribution is 1.18. The molecule has 0 aliphatic rings. The molecule has 2 aromatic rings. The average molecular weight is 361 g/mol. The molecule has 0 saturated heterocycles. The first kappa shape index (κ1) is 12.4. The molecular formula is C11H10ClIN4. The molecule has 0 bridgehead atoms. The van der Waals surface area contributed by atoms with Gasteiger partial charge in [-0.05, 0) is 47.2 Å². The van der Waals surface area contributed by atoms with Crippen molar-refractivity contribution in [1.82, 2.24) is 9.97 Å². The molecule has 4 nitrogen and oxygen atoms in total. The summed E-state index contributed by atoms with van der Waals surface area (Å²) in [5.74, 6) is 0.706. The normalized spacial score (nSPS) is 10.3. The van der Waals surface area contributed by atoms with E-state index in [-0.39, 0.29) is 5.95 Å². The van der Waals surface area contributed by atoms with Crippen LogP contribution in [0, 0.1) is 10.5 Å². The van der Waals surface area contributed by atoms with E-state index in [2.05, 4.69) is 44.8 Å². The minimum atomic E-state index is 0.193. The zero-order chi connectivity index (χ0) is 12.4. The van der Waals surface area contributed by atoms with Gasteiger partial charge in [-0.2, -0.15) is 4.98 Å². The molecule has 0 atom stereocenters. The van der Waals surface area contributed by atoms with Crippen molar-refractivity contribution in [2.24, 2.45) is 0 Å². The van der Waals surface area contributed by atoms with Gasteiger partial charge in [0, 0.05) is 9.26 Å². The number of hydrogen-bond acceptors (Lipinski definition) is 4. The van der Waals surface area contributed by atoms with Crippen LogP contribution in [-0.2, 0) is 0 Å². The number of anilines is 3. The Kier molecular flexibility index (Phi) is 3.68. The molecule has 2 rings (SSSR count). The maximum Gasteiger partial charge on any atom is 0.222 e. The molecule has 0 saturated carbocycles. The van der Waals surface area contributed by atoms with Crippen LogP contribution in [0.2, 0.25) is 5.02 Å². The number of aromatic nitrogens is 2. The molecule has 0 aliphatic carbocycles. The van der Waals surface area contributed by atoms with Crippen LogP contribution in [0.3, 0.4) is 0 Å². The van der Waals surface area contributed by atoms with Crippen molar-refractivity contribution in [2.45, 2.75) is 6.92 Å². The third-order valence-electron chi connectivity index (χ3n) is 2.20. The van der Waals surface area contributed by atoms with E-state index in [0.717, 1.165) is 5.69 Å². The van der Waals surface area contributed by atoms with Gasteiger partial charge < -0.3 is 11.1 Å². The quantitative estimate of drug-likeness (QED) is 0.806. The fourth-order valence-corrected chi connectivity index (χ4v) is 1.93. The summed E-state index contributed by atoms with van der Waals surface area (Å²) in [6, 6.07) is 6.01. The van der Waals surface area contributed by atoms with Gasteiger partial charge in [-0.1, -0.05) is 17.7 Å². The Morgan fingerprint density at radius 1 is 1.41 bits per heavy atom. The molecule has 17 heavy (non-hydrogen) atoms. The number of nitrogens with one attached hydrogen (secondary N) is 1. The molecule has 88 valence electrons. The van der Waals surface area contributed by atoms with Crippen molar-refractivity contribution in [3.05, 3.63) is 38.6 Å². The predicted molar refractivity (Wildman–Crippen MR) is 78.6 cm³/mol. The van der Waals surface area contributed by atoms with E-state index in [4.69, 9.17) is 17.3 Å². The summed E-state index contributed by atoms with van der Waals surface area (Å²) in [4.78, 5) is 7.85. The zero-order valence-corrected chi connectivity index (χ0v) is 12.0. The van der Waals surface area contributed by atoms with Crippen molar-refractivity contribution in [3.8, 4) is 0 Å². The summed E-state index contributed by atoms with van der Waals surface area (Å²) in [6.45, 7) is 2.06. The Balaban J connectivity index is 2.31. The lowest BCUT2D eigenvalue weighted by Crippen LogP contribution is -2.00. The summed E-state index contributed by atoms with van der Waals surface area (Å²) in [5.41, 5.74) is 7.66. The molecule has 0 amide bonds. The second-order valence-corrected chi connectivity index (χ2v) is 5.08. The summed E-state index contributed by atoms with van der Waals surface area (Å²) >= 11 is 8.25. The molecule has 0 radical (unpaired) electrons. The molecule has 6 heteroatoms. The van der Waals surface area contributed by atoms with Crippen molar-refractivity contribution < 1.29 is 0 Å². The van der Waals surface area contributed by atoms with Crippen LogP contribution in [0.5, 0.6) is 0 Å². The summed E-state index contributed by atoms with van der Waals surface area (Å²) in [7, 11) is 0. The van der Waals surface area contributed by atoms with E-state index in [9.17, 15) is 0 Å². The summed E-state index contributed by atoms with van der Waals surface area (Å²) in [5, 5.41) is 3.55. The van der Waals surface area contributed by atoms with Gasteiger partial charge in [0.05, 0.1) is 6.20 Å². The summed E-state index contributed by atoms with van der Waals surface area (Å²) < 4.78 is 1.17. The SMILES string of the molecule is Cc1ccc(Nc2nc(N)ncc2Cl)cc1I. The molecule has 0 spiro atoms. The van der Waals surface area contributed by atoms with Gasteiger partial charge in [0.25, 0.3) is 0 Å². The highest BCUT2D eigenvalue weighted by Crippen LogP contribution is 2.24. The monoisotopic (exact) mass is 360 g/mol. The minimum Gasteiger partial charge on any atom is -0.368 e. The second-order valence-electron chi connectivity index (χ2n) is 3.51. The highest BCUT2D eigenvalue weighted by molar-refractivity contribution is 14.1. The molecule has 1 aromatic heterocycles. The van der Waals surface area contributed by atoms with E-state index in [1.54, 1.807) is 0 Å². The van der Waals surface area contributed by atoms with E-state index >= 15 is 0 Å². The Morgan fingerprint density at radius 2 is 2.18 bits per heavy atom. The molecule has 0 fully saturated rings. The third-order valence-corrected chi connectivity index (χ3v) is 3.64. The first-order valence-corrected chi connectivity index (χ1v) is 6.33. The fraction of sp³-hybridized carbons (Fsp3) is 0.0909. The predicted octanol–water partition coefficient (Wildman–Crippen LogP) is 3.37. The number of nitrogens with two attached hydrogens (primary N) is 1. The molecule has 3 N–H and O–H groups in total. The van der Waals surface area contributed by atoms with E-state index in [1.807, 2.05) is 18.2 Å². The van der Waals surface area contributed by atoms with Gasteiger partial charge in [-0.25, -0.2) is 4.98 Å². The number of aryl methyl sites for hydroxylation is 1. The second kappa shape index (κ2) is 5.05. The average Bonchev–Trinajstić information content (AvgIpc) is 2.29. The molecule has 1 heterocycles. The van der Waals surface area contributed by atoms with E-state index in [0.29, 0.717) is 10.8 Å². The molecule has 1 aromatic carbocycles. The van der Waals surface area contributed by atoms with Crippen LogP contribution in [0.15, 0.2) is 24.4 Å². The molecule has 0 unspecified atom stereocenters. The van der Waals surface area contributed by atoms with Gasteiger partial charge in [-0.3, -0.25) is 0 Å². The number of nitrogens with zero attached hydrogens (tertiary/aromatic N) is 2. The zero-order valence-electron chi connectivity index (χ0n) is 9.04. The van der Waals surface area contributed by atoms with E-state index < -0.39 is 0 Å². The number of benzene rings is 1. The first-order valence-electron chi connectivity index (χ1n) is 4.87. The number of rotatable bonds is 2. The highest BCUT2D eigenvalue weighted by atomic mass is 127.